The van der Waals surface area contributed by atoms with Crippen LogP contribution in [0.25, 0.3) is 22.3 Å². The lowest BCUT2D eigenvalue weighted by molar-refractivity contribution is -0.154. The topological polar surface area (TPSA) is 163 Å². The minimum atomic E-state index is -1.78. The first kappa shape index (κ1) is 33.1. The quantitative estimate of drug-likeness (QED) is 0.195. The summed E-state index contributed by atoms with van der Waals surface area (Å²) in [7, 11) is 3.00. The number of nitrogens with two attached hydrogens (primary N) is 1. The number of carboxylic acids is 1. The maximum absolute atomic E-state index is 12.9. The van der Waals surface area contributed by atoms with Gasteiger partial charge in [0.15, 0.2) is 0 Å². The molecule has 0 saturated heterocycles. The monoisotopic (exact) mass is 589 g/mol. The molecule has 0 fully saturated rings. The Balaban J connectivity index is 0.00000588. The molecule has 0 radical (unpaired) electrons. The predicted molar refractivity (Wildman–Crippen MR) is 157 cm³/mol. The van der Waals surface area contributed by atoms with Gasteiger partial charge in [-0.1, -0.05) is 13.0 Å². The summed E-state index contributed by atoms with van der Waals surface area (Å²) in [5.74, 6) is -0.204. The van der Waals surface area contributed by atoms with Crippen molar-refractivity contribution in [3.63, 3.8) is 0 Å². The number of aromatic nitrogens is 2. The van der Waals surface area contributed by atoms with Crippen molar-refractivity contribution in [3.05, 3.63) is 58.4 Å². The number of carbonyl (C=O) groups excluding carboxylic acids is 1. The van der Waals surface area contributed by atoms with Crippen molar-refractivity contribution < 1.29 is 33.6 Å². The van der Waals surface area contributed by atoms with Crippen molar-refractivity contribution in [1.82, 2.24) is 9.97 Å². The smallest absolute Gasteiger partial charge is 0.324 e. The SMILES string of the molecule is C=CCC(N)(CC(=O)OCC(CC)Oc1c(C)cc(-c2nc3cc(OC)cc(OC)c3c(=O)[nH]2)cc1C)C(=O)O.Cl. The lowest BCUT2D eigenvalue weighted by atomic mass is 9.93. The van der Waals surface area contributed by atoms with E-state index in [9.17, 15) is 19.5 Å². The Labute approximate surface area is 244 Å². The number of halogens is 1. The number of nitrogens with one attached hydrogen (secondary N) is 1. The minimum Gasteiger partial charge on any atom is -0.497 e. The molecule has 0 saturated carbocycles. The van der Waals surface area contributed by atoms with E-state index in [4.69, 9.17) is 24.7 Å². The number of ether oxygens (including phenoxy) is 4. The predicted octanol–water partition coefficient (Wildman–Crippen LogP) is 4.09. The number of nitrogens with zero attached hydrogens (tertiary/aromatic N) is 1. The van der Waals surface area contributed by atoms with Crippen LogP contribution < -0.4 is 25.5 Å². The third kappa shape index (κ3) is 7.56. The molecule has 12 heteroatoms. The van der Waals surface area contributed by atoms with Crippen LogP contribution in [-0.4, -0.2) is 59.5 Å². The van der Waals surface area contributed by atoms with Gasteiger partial charge in [0.05, 0.1) is 26.2 Å². The summed E-state index contributed by atoms with van der Waals surface area (Å²) in [5.41, 5.74) is 6.38. The molecular formula is C29H36ClN3O8. The van der Waals surface area contributed by atoms with Crippen LogP contribution in [-0.2, 0) is 14.3 Å². The van der Waals surface area contributed by atoms with Crippen molar-refractivity contribution in [3.8, 4) is 28.6 Å². The van der Waals surface area contributed by atoms with Crippen LogP contribution in [0.2, 0.25) is 0 Å². The number of carboxylic acid groups (broad SMARTS) is 1. The number of aryl methyl sites for hydroxylation is 2. The average molecular weight is 590 g/mol. The van der Waals surface area contributed by atoms with Gasteiger partial charge in [-0.3, -0.25) is 14.4 Å². The van der Waals surface area contributed by atoms with Gasteiger partial charge in [-0.25, -0.2) is 4.98 Å². The van der Waals surface area contributed by atoms with Gasteiger partial charge in [-0.15, -0.1) is 19.0 Å². The molecule has 2 atom stereocenters. The molecule has 0 spiro atoms. The highest BCUT2D eigenvalue weighted by Gasteiger charge is 2.36. The van der Waals surface area contributed by atoms with E-state index >= 15 is 0 Å². The molecule has 3 rings (SSSR count). The van der Waals surface area contributed by atoms with E-state index < -0.39 is 30.0 Å². The lowest BCUT2D eigenvalue weighted by Crippen LogP contribution is -2.49. The van der Waals surface area contributed by atoms with Crippen LogP contribution in [0.3, 0.4) is 0 Å². The molecule has 1 aromatic heterocycles. The third-order valence-electron chi connectivity index (χ3n) is 6.50. The van der Waals surface area contributed by atoms with E-state index in [0.717, 1.165) is 11.1 Å². The molecule has 0 aliphatic heterocycles. The van der Waals surface area contributed by atoms with Gasteiger partial charge in [0, 0.05) is 17.7 Å². The Morgan fingerprint density at radius 2 is 1.83 bits per heavy atom. The number of H-pyrrole nitrogens is 1. The Kier molecular flexibility index (Phi) is 11.3. The summed E-state index contributed by atoms with van der Waals surface area (Å²) >= 11 is 0. The van der Waals surface area contributed by atoms with Crippen molar-refractivity contribution in [2.24, 2.45) is 5.73 Å². The van der Waals surface area contributed by atoms with Crippen LogP contribution >= 0.6 is 12.4 Å². The van der Waals surface area contributed by atoms with Crippen LogP contribution in [0.15, 0.2) is 41.7 Å². The zero-order valence-corrected chi connectivity index (χ0v) is 24.6. The first-order chi connectivity index (χ1) is 19.0. The summed E-state index contributed by atoms with van der Waals surface area (Å²) < 4.78 is 22.2. The summed E-state index contributed by atoms with van der Waals surface area (Å²) in [6, 6.07) is 6.98. The van der Waals surface area contributed by atoms with E-state index in [1.54, 1.807) is 12.1 Å². The third-order valence-corrected chi connectivity index (χ3v) is 6.50. The first-order valence-corrected chi connectivity index (χ1v) is 12.7. The number of benzene rings is 2. The summed E-state index contributed by atoms with van der Waals surface area (Å²) in [4.78, 5) is 44.2. The fraction of sp³-hybridized carbons (Fsp3) is 0.379. The number of aromatic amines is 1. The summed E-state index contributed by atoms with van der Waals surface area (Å²) in [6.45, 7) is 9.02. The van der Waals surface area contributed by atoms with Crippen molar-refractivity contribution in [2.75, 3.05) is 20.8 Å². The lowest BCUT2D eigenvalue weighted by Gasteiger charge is -2.24. The first-order valence-electron chi connectivity index (χ1n) is 12.7. The van der Waals surface area contributed by atoms with E-state index in [1.807, 2.05) is 32.9 Å². The number of fused-ring (bicyclic) bond motifs is 1. The normalized spacial score (nSPS) is 12.9. The second-order valence-corrected chi connectivity index (χ2v) is 9.54. The van der Waals surface area contributed by atoms with E-state index in [2.05, 4.69) is 16.5 Å². The highest BCUT2D eigenvalue weighted by Crippen LogP contribution is 2.32. The minimum absolute atomic E-state index is 0. The van der Waals surface area contributed by atoms with Gasteiger partial charge >= 0.3 is 11.9 Å². The van der Waals surface area contributed by atoms with E-state index in [0.29, 0.717) is 46.0 Å². The molecule has 4 N–H and O–H groups in total. The molecule has 41 heavy (non-hydrogen) atoms. The molecule has 222 valence electrons. The number of methoxy groups -OCH3 is 2. The largest absolute Gasteiger partial charge is 0.497 e. The molecular weight excluding hydrogens is 554 g/mol. The Morgan fingerprint density at radius 1 is 1.17 bits per heavy atom. The van der Waals surface area contributed by atoms with Crippen LogP contribution in [0, 0.1) is 13.8 Å². The molecule has 2 unspecified atom stereocenters. The van der Waals surface area contributed by atoms with Gasteiger partial charge < -0.3 is 34.8 Å². The summed E-state index contributed by atoms with van der Waals surface area (Å²) in [5, 5.41) is 9.69. The molecule has 1 heterocycles. The second kappa shape index (κ2) is 14.0. The zero-order valence-electron chi connectivity index (χ0n) is 23.7. The number of esters is 1. The Bertz CT molecular complexity index is 1470. The number of rotatable bonds is 13. The van der Waals surface area contributed by atoms with Crippen LogP contribution in [0.4, 0.5) is 0 Å². The van der Waals surface area contributed by atoms with Crippen molar-refractivity contribution in [2.45, 2.75) is 51.7 Å². The molecule has 0 aliphatic rings. The highest BCUT2D eigenvalue weighted by molar-refractivity contribution is 5.87. The average Bonchev–Trinajstić information content (AvgIpc) is 2.91. The molecule has 11 nitrogen and oxygen atoms in total. The van der Waals surface area contributed by atoms with Gasteiger partial charge in [0.25, 0.3) is 5.56 Å². The molecule has 0 bridgehead atoms. The fourth-order valence-corrected chi connectivity index (χ4v) is 4.29. The van der Waals surface area contributed by atoms with E-state index in [-0.39, 0.29) is 31.0 Å². The number of hydrogen-bond donors (Lipinski definition) is 3. The van der Waals surface area contributed by atoms with Gasteiger partial charge in [0.1, 0.15) is 46.7 Å². The van der Waals surface area contributed by atoms with Crippen molar-refractivity contribution >= 4 is 35.2 Å². The van der Waals surface area contributed by atoms with E-state index in [1.165, 1.54) is 20.3 Å². The second-order valence-electron chi connectivity index (χ2n) is 9.54. The number of carbonyl (C=O) groups is 2. The maximum Gasteiger partial charge on any atom is 0.324 e. The number of aliphatic carboxylic acids is 1. The molecule has 0 aliphatic carbocycles. The standard InChI is InChI=1S/C29H35N3O8.ClH/c1-7-9-29(30,28(35)36)14-23(33)39-15-19(8-2)40-25-16(3)10-18(11-17(25)4)26-31-21-12-20(37-5)13-22(38-6)24(21)27(34)32-26;/h7,10-13,19H,1,8-9,14-15,30H2,2-6H3,(H,35,36)(H,31,32,34);1H. The summed E-state index contributed by atoms with van der Waals surface area (Å²) in [6.07, 6.45) is 0.824. The van der Waals surface area contributed by atoms with Crippen molar-refractivity contribution in [1.29, 1.82) is 0 Å². The Hall–Kier alpha value is -4.09. The Morgan fingerprint density at radius 3 is 2.37 bits per heavy atom. The fourth-order valence-electron chi connectivity index (χ4n) is 4.29. The molecule has 0 amide bonds. The van der Waals surface area contributed by atoms with Gasteiger partial charge in [-0.2, -0.15) is 0 Å². The zero-order chi connectivity index (χ0) is 29.6. The number of hydrogen-bond acceptors (Lipinski definition) is 9. The maximum atomic E-state index is 12.9. The highest BCUT2D eigenvalue weighted by atomic mass is 35.5. The van der Waals surface area contributed by atoms with Gasteiger partial charge in [-0.05, 0) is 49.9 Å². The molecule has 2 aromatic carbocycles. The molecule has 3 aromatic rings. The van der Waals surface area contributed by atoms with Gasteiger partial charge in [0.2, 0.25) is 0 Å². The van der Waals surface area contributed by atoms with Crippen LogP contribution in [0.5, 0.6) is 17.2 Å². The van der Waals surface area contributed by atoms with Crippen LogP contribution in [0.1, 0.15) is 37.3 Å².